The van der Waals surface area contributed by atoms with Crippen molar-refractivity contribution in [2.75, 3.05) is 0 Å². The zero-order chi connectivity index (χ0) is 14.8. The van der Waals surface area contributed by atoms with Crippen LogP contribution >= 0.6 is 15.9 Å². The van der Waals surface area contributed by atoms with Crippen LogP contribution in [0.3, 0.4) is 0 Å². The second kappa shape index (κ2) is 6.02. The molecule has 0 fully saturated rings. The van der Waals surface area contributed by atoms with Crippen LogP contribution in [-0.2, 0) is 12.0 Å². The van der Waals surface area contributed by atoms with Gasteiger partial charge in [0.25, 0.3) is 0 Å². The van der Waals surface area contributed by atoms with Crippen molar-refractivity contribution in [3.8, 4) is 0 Å². The van der Waals surface area contributed by atoms with E-state index >= 15 is 0 Å². The van der Waals surface area contributed by atoms with Gasteiger partial charge < -0.3 is 5.11 Å². The molecule has 0 aliphatic heterocycles. The van der Waals surface area contributed by atoms with Crippen molar-refractivity contribution in [1.29, 1.82) is 0 Å². The number of hydrogen-bond donors (Lipinski definition) is 1. The molecule has 0 heterocycles. The fourth-order valence-electron chi connectivity index (χ4n) is 2.20. The normalized spacial score (nSPS) is 14.1. The molecule has 0 amide bonds. The van der Waals surface area contributed by atoms with E-state index in [-0.39, 0.29) is 12.2 Å². The predicted octanol–water partition coefficient (Wildman–Crippen LogP) is 4.57. The van der Waals surface area contributed by atoms with Gasteiger partial charge in [-0.1, -0.05) is 35.0 Å². The Kier molecular flexibility index (Phi) is 4.55. The van der Waals surface area contributed by atoms with E-state index in [4.69, 9.17) is 0 Å². The number of rotatable bonds is 4. The van der Waals surface area contributed by atoms with Crippen LogP contribution in [0.15, 0.2) is 46.9 Å². The van der Waals surface area contributed by atoms with Crippen molar-refractivity contribution in [3.05, 3.63) is 69.7 Å². The van der Waals surface area contributed by atoms with Crippen LogP contribution < -0.4 is 0 Å². The van der Waals surface area contributed by atoms with Gasteiger partial charge in [0.15, 0.2) is 0 Å². The van der Waals surface area contributed by atoms with Crippen LogP contribution in [0.2, 0.25) is 0 Å². The number of aliphatic hydroxyl groups is 1. The van der Waals surface area contributed by atoms with Crippen molar-refractivity contribution in [3.63, 3.8) is 0 Å². The SMILES string of the molecule is CCC(O)(Cc1cc(F)ccc1Br)c1cccc(F)c1. The predicted molar refractivity (Wildman–Crippen MR) is 78.4 cm³/mol. The Morgan fingerprint density at radius 2 is 1.80 bits per heavy atom. The van der Waals surface area contributed by atoms with E-state index in [0.717, 1.165) is 4.47 Å². The van der Waals surface area contributed by atoms with Crippen LogP contribution in [-0.4, -0.2) is 5.11 Å². The molecule has 1 nitrogen and oxygen atoms in total. The van der Waals surface area contributed by atoms with E-state index in [2.05, 4.69) is 15.9 Å². The molecule has 2 aromatic rings. The van der Waals surface area contributed by atoms with Crippen LogP contribution in [0.5, 0.6) is 0 Å². The lowest BCUT2D eigenvalue weighted by molar-refractivity contribution is 0.0322. The van der Waals surface area contributed by atoms with Crippen LogP contribution in [0, 0.1) is 11.6 Å². The molecule has 0 aliphatic carbocycles. The largest absolute Gasteiger partial charge is 0.385 e. The second-order valence-corrected chi connectivity index (χ2v) is 5.66. The Hall–Kier alpha value is -1.26. The molecule has 1 unspecified atom stereocenters. The summed E-state index contributed by atoms with van der Waals surface area (Å²) in [6, 6.07) is 10.2. The zero-order valence-corrected chi connectivity index (χ0v) is 12.6. The summed E-state index contributed by atoms with van der Waals surface area (Å²) in [7, 11) is 0. The van der Waals surface area contributed by atoms with Gasteiger partial charge in [-0.2, -0.15) is 0 Å². The molecule has 0 saturated heterocycles. The summed E-state index contributed by atoms with van der Waals surface area (Å²) >= 11 is 3.35. The van der Waals surface area contributed by atoms with Gasteiger partial charge in [-0.3, -0.25) is 0 Å². The summed E-state index contributed by atoms with van der Waals surface area (Å²) < 4.78 is 27.4. The lowest BCUT2D eigenvalue weighted by Gasteiger charge is -2.28. The highest BCUT2D eigenvalue weighted by Gasteiger charge is 2.28. The third kappa shape index (κ3) is 3.25. The van der Waals surface area contributed by atoms with Gasteiger partial charge in [-0.25, -0.2) is 8.78 Å². The van der Waals surface area contributed by atoms with Crippen LogP contribution in [0.25, 0.3) is 0 Å². The molecule has 0 spiro atoms. The first-order valence-corrected chi connectivity index (χ1v) is 7.16. The van der Waals surface area contributed by atoms with Gasteiger partial charge in [-0.05, 0) is 47.9 Å². The monoisotopic (exact) mass is 340 g/mol. The first-order valence-electron chi connectivity index (χ1n) is 6.37. The molecule has 4 heteroatoms. The van der Waals surface area contributed by atoms with E-state index in [1.807, 2.05) is 6.92 Å². The molecule has 0 saturated carbocycles. The highest BCUT2D eigenvalue weighted by Crippen LogP contribution is 2.32. The minimum atomic E-state index is -1.22. The third-order valence-corrected chi connectivity index (χ3v) is 4.21. The van der Waals surface area contributed by atoms with Gasteiger partial charge in [0.05, 0.1) is 5.60 Å². The summed E-state index contributed by atoms with van der Waals surface area (Å²) in [4.78, 5) is 0. The molecule has 0 bridgehead atoms. The smallest absolute Gasteiger partial charge is 0.123 e. The van der Waals surface area contributed by atoms with Gasteiger partial charge in [0.2, 0.25) is 0 Å². The first-order chi connectivity index (χ1) is 9.44. The van der Waals surface area contributed by atoms with E-state index in [1.165, 1.54) is 24.3 Å². The summed E-state index contributed by atoms with van der Waals surface area (Å²) in [6.45, 7) is 1.82. The van der Waals surface area contributed by atoms with Crippen molar-refractivity contribution in [2.45, 2.75) is 25.4 Å². The molecule has 2 rings (SSSR count). The van der Waals surface area contributed by atoms with Gasteiger partial charge in [-0.15, -0.1) is 0 Å². The highest BCUT2D eigenvalue weighted by molar-refractivity contribution is 9.10. The topological polar surface area (TPSA) is 20.2 Å². The maximum atomic E-state index is 13.3. The average Bonchev–Trinajstić information content (AvgIpc) is 2.43. The standard InChI is InChI=1S/C16H15BrF2O/c1-2-16(20,12-4-3-5-13(18)9-12)10-11-8-14(19)6-7-15(11)17/h3-9,20H,2,10H2,1H3. The lowest BCUT2D eigenvalue weighted by Crippen LogP contribution is -2.28. The molecular weight excluding hydrogens is 326 g/mol. The van der Waals surface area contributed by atoms with Crippen molar-refractivity contribution in [2.24, 2.45) is 0 Å². The van der Waals surface area contributed by atoms with Crippen molar-refractivity contribution < 1.29 is 13.9 Å². The van der Waals surface area contributed by atoms with Gasteiger partial charge >= 0.3 is 0 Å². The molecule has 1 N–H and O–H groups in total. The quantitative estimate of drug-likeness (QED) is 0.864. The van der Waals surface area contributed by atoms with E-state index < -0.39 is 11.4 Å². The maximum Gasteiger partial charge on any atom is 0.123 e. The minimum absolute atomic E-state index is 0.214. The Labute approximate surface area is 125 Å². The molecule has 2 aromatic carbocycles. The summed E-state index contributed by atoms with van der Waals surface area (Å²) in [5, 5.41) is 10.8. The van der Waals surface area contributed by atoms with Crippen molar-refractivity contribution in [1.82, 2.24) is 0 Å². The molecular formula is C16H15BrF2O. The Morgan fingerprint density at radius 1 is 1.10 bits per heavy atom. The third-order valence-electron chi connectivity index (χ3n) is 3.44. The second-order valence-electron chi connectivity index (χ2n) is 4.81. The lowest BCUT2D eigenvalue weighted by atomic mass is 9.85. The summed E-state index contributed by atoms with van der Waals surface area (Å²) in [6.07, 6.45) is 0.616. The fraction of sp³-hybridized carbons (Fsp3) is 0.250. The fourth-order valence-corrected chi connectivity index (χ4v) is 2.59. The molecule has 106 valence electrons. The zero-order valence-electron chi connectivity index (χ0n) is 11.0. The molecule has 0 radical (unpaired) electrons. The Morgan fingerprint density at radius 3 is 2.45 bits per heavy atom. The Balaban J connectivity index is 2.39. The van der Waals surface area contributed by atoms with Crippen LogP contribution in [0.4, 0.5) is 8.78 Å². The summed E-state index contributed by atoms with van der Waals surface area (Å²) in [5.41, 5.74) is -0.0759. The molecule has 20 heavy (non-hydrogen) atoms. The van der Waals surface area contributed by atoms with E-state index in [1.54, 1.807) is 18.2 Å². The average molecular weight is 341 g/mol. The molecule has 0 aliphatic rings. The molecule has 0 aromatic heterocycles. The van der Waals surface area contributed by atoms with Crippen LogP contribution in [0.1, 0.15) is 24.5 Å². The van der Waals surface area contributed by atoms with E-state index in [9.17, 15) is 13.9 Å². The number of hydrogen-bond acceptors (Lipinski definition) is 1. The minimum Gasteiger partial charge on any atom is -0.385 e. The van der Waals surface area contributed by atoms with Gasteiger partial charge in [0, 0.05) is 10.9 Å². The van der Waals surface area contributed by atoms with E-state index in [0.29, 0.717) is 17.5 Å². The van der Waals surface area contributed by atoms with Crippen molar-refractivity contribution >= 4 is 15.9 Å². The summed E-state index contributed by atoms with van der Waals surface area (Å²) in [5.74, 6) is -0.756. The first kappa shape index (κ1) is 15.1. The molecule has 1 atom stereocenters. The number of benzene rings is 2. The highest BCUT2D eigenvalue weighted by atomic mass is 79.9. The van der Waals surface area contributed by atoms with Gasteiger partial charge in [0.1, 0.15) is 11.6 Å². The number of halogens is 3. The maximum absolute atomic E-state index is 13.3. The Bertz CT molecular complexity index is 615.